The molecule has 1 aromatic rings. The third-order valence-electron chi connectivity index (χ3n) is 3.57. The number of piperidine rings is 1. The fraction of sp³-hybridized carbons (Fsp3) is 0.467. The molecule has 0 atom stereocenters. The van der Waals surface area contributed by atoms with E-state index in [1.165, 1.54) is 0 Å². The second kappa shape index (κ2) is 7.28. The van der Waals surface area contributed by atoms with E-state index in [1.807, 2.05) is 24.3 Å². The Morgan fingerprint density at radius 1 is 1.40 bits per heavy atom. The van der Waals surface area contributed by atoms with Gasteiger partial charge < -0.3 is 5.32 Å². The Labute approximate surface area is 124 Å². The van der Waals surface area contributed by atoms with Crippen LogP contribution < -0.4 is 5.32 Å². The maximum absolute atomic E-state index is 11.9. The molecule has 1 aliphatic heterocycles. The zero-order valence-corrected chi connectivity index (χ0v) is 12.1. The monoisotopic (exact) mass is 291 g/mol. The molecule has 1 N–H and O–H groups in total. The summed E-state index contributed by atoms with van der Waals surface area (Å²) in [7, 11) is 0. The summed E-state index contributed by atoms with van der Waals surface area (Å²) in [5.41, 5.74) is 0.922. The number of carbonyl (C=O) groups excluding carboxylic acids is 1. The quantitative estimate of drug-likeness (QED) is 0.925. The molecule has 106 valence electrons. The molecule has 2 rings (SSSR count). The minimum Gasteiger partial charge on any atom is -0.351 e. The Morgan fingerprint density at radius 2 is 2.10 bits per heavy atom. The summed E-state index contributed by atoms with van der Waals surface area (Å²) < 4.78 is 0. The molecule has 0 unspecified atom stereocenters. The molecule has 20 heavy (non-hydrogen) atoms. The zero-order valence-electron chi connectivity index (χ0n) is 11.3. The molecule has 0 aromatic heterocycles. The largest absolute Gasteiger partial charge is 0.351 e. The Morgan fingerprint density at radius 3 is 2.75 bits per heavy atom. The third-order valence-corrected chi connectivity index (χ3v) is 3.94. The normalized spacial score (nSPS) is 16.6. The van der Waals surface area contributed by atoms with Crippen molar-refractivity contribution in [1.82, 2.24) is 10.2 Å². The highest BCUT2D eigenvalue weighted by Gasteiger charge is 2.20. The Bertz CT molecular complexity index is 504. The second-order valence-corrected chi connectivity index (χ2v) is 5.45. The number of nitrogens with one attached hydrogen (secondary N) is 1. The van der Waals surface area contributed by atoms with Crippen molar-refractivity contribution in [2.45, 2.75) is 19.4 Å². The molecule has 1 aliphatic rings. The number of halogens is 1. The summed E-state index contributed by atoms with van der Waals surface area (Å²) in [6.07, 6.45) is 1.71. The van der Waals surface area contributed by atoms with Crippen molar-refractivity contribution < 1.29 is 4.79 Å². The number of hydrogen-bond acceptors (Lipinski definition) is 3. The smallest absolute Gasteiger partial charge is 0.234 e. The van der Waals surface area contributed by atoms with Crippen molar-refractivity contribution >= 4 is 17.5 Å². The third kappa shape index (κ3) is 4.22. The Kier molecular flexibility index (Phi) is 5.40. The fourth-order valence-corrected chi connectivity index (χ4v) is 2.52. The number of hydrogen-bond donors (Lipinski definition) is 1. The van der Waals surface area contributed by atoms with E-state index in [0.29, 0.717) is 18.1 Å². The number of nitrogens with zero attached hydrogens (tertiary/aromatic N) is 2. The van der Waals surface area contributed by atoms with Gasteiger partial charge in [0.1, 0.15) is 0 Å². The van der Waals surface area contributed by atoms with Crippen molar-refractivity contribution in [3.8, 4) is 6.07 Å². The number of benzene rings is 1. The van der Waals surface area contributed by atoms with E-state index in [9.17, 15) is 4.79 Å². The first kappa shape index (κ1) is 14.8. The van der Waals surface area contributed by atoms with E-state index in [0.717, 1.165) is 31.5 Å². The van der Waals surface area contributed by atoms with Crippen LogP contribution in [0.15, 0.2) is 24.3 Å². The molecule has 1 saturated heterocycles. The van der Waals surface area contributed by atoms with Gasteiger partial charge in [0, 0.05) is 17.5 Å². The molecular weight excluding hydrogens is 274 g/mol. The van der Waals surface area contributed by atoms with E-state index in [2.05, 4.69) is 16.3 Å². The average molecular weight is 292 g/mol. The lowest BCUT2D eigenvalue weighted by Gasteiger charge is -2.28. The molecule has 5 heteroatoms. The molecule has 0 radical (unpaired) electrons. The van der Waals surface area contributed by atoms with Gasteiger partial charge in [0.05, 0.1) is 12.6 Å². The van der Waals surface area contributed by atoms with E-state index in [-0.39, 0.29) is 11.8 Å². The maximum atomic E-state index is 11.9. The van der Waals surface area contributed by atoms with Gasteiger partial charge in [-0.25, -0.2) is 0 Å². The molecule has 0 spiro atoms. The maximum Gasteiger partial charge on any atom is 0.234 e. The van der Waals surface area contributed by atoms with Crippen LogP contribution in [0, 0.1) is 17.2 Å². The van der Waals surface area contributed by atoms with Gasteiger partial charge in [0.2, 0.25) is 5.91 Å². The van der Waals surface area contributed by atoms with Crippen LogP contribution in [0.5, 0.6) is 0 Å². The van der Waals surface area contributed by atoms with Gasteiger partial charge in [-0.05, 0) is 37.6 Å². The minimum atomic E-state index is 0.000303. The van der Waals surface area contributed by atoms with Crippen LogP contribution in [0.2, 0.25) is 5.02 Å². The van der Waals surface area contributed by atoms with Crippen LogP contribution >= 0.6 is 11.6 Å². The van der Waals surface area contributed by atoms with Gasteiger partial charge >= 0.3 is 0 Å². The lowest BCUT2D eigenvalue weighted by Crippen LogP contribution is -2.41. The van der Waals surface area contributed by atoms with Crippen molar-refractivity contribution in [2.75, 3.05) is 19.6 Å². The standard InChI is InChI=1S/C15H18ClN3O/c16-14-4-2-1-3-13(14)10-18-15(20)11-19-7-5-12(9-17)6-8-19/h1-4,12H,5-8,10-11H2,(H,18,20). The molecule has 1 heterocycles. The van der Waals surface area contributed by atoms with Gasteiger partial charge in [0.15, 0.2) is 0 Å². The predicted molar refractivity (Wildman–Crippen MR) is 78.1 cm³/mol. The number of amides is 1. The van der Waals surface area contributed by atoms with E-state index < -0.39 is 0 Å². The van der Waals surface area contributed by atoms with Gasteiger partial charge in [-0.3, -0.25) is 9.69 Å². The number of nitriles is 1. The number of likely N-dealkylation sites (tertiary alicyclic amines) is 1. The summed E-state index contributed by atoms with van der Waals surface area (Å²) >= 11 is 6.04. The SMILES string of the molecule is N#CC1CCN(CC(=O)NCc2ccccc2Cl)CC1. The molecular formula is C15H18ClN3O. The summed E-state index contributed by atoms with van der Waals surface area (Å²) in [5.74, 6) is 0.151. The van der Waals surface area contributed by atoms with Crippen LogP contribution in [0.1, 0.15) is 18.4 Å². The van der Waals surface area contributed by atoms with Gasteiger partial charge in [-0.2, -0.15) is 5.26 Å². The number of rotatable bonds is 4. The summed E-state index contributed by atoms with van der Waals surface area (Å²) in [6.45, 7) is 2.48. The molecule has 1 fully saturated rings. The first-order chi connectivity index (χ1) is 9.69. The van der Waals surface area contributed by atoms with Crippen molar-refractivity contribution in [3.63, 3.8) is 0 Å². The van der Waals surface area contributed by atoms with Gasteiger partial charge in [-0.1, -0.05) is 29.8 Å². The zero-order chi connectivity index (χ0) is 14.4. The van der Waals surface area contributed by atoms with Crippen LogP contribution in [0.25, 0.3) is 0 Å². The number of carbonyl (C=O) groups is 1. The topological polar surface area (TPSA) is 56.1 Å². The van der Waals surface area contributed by atoms with E-state index >= 15 is 0 Å². The molecule has 0 aliphatic carbocycles. The first-order valence-corrected chi connectivity index (χ1v) is 7.19. The lowest BCUT2D eigenvalue weighted by molar-refractivity contribution is -0.122. The first-order valence-electron chi connectivity index (χ1n) is 6.81. The second-order valence-electron chi connectivity index (χ2n) is 5.05. The summed E-state index contributed by atoms with van der Waals surface area (Å²) in [6, 6.07) is 9.78. The van der Waals surface area contributed by atoms with Crippen LogP contribution in [-0.4, -0.2) is 30.4 Å². The molecule has 0 saturated carbocycles. The Balaban J connectivity index is 1.74. The highest BCUT2D eigenvalue weighted by atomic mass is 35.5. The fourth-order valence-electron chi connectivity index (χ4n) is 2.31. The Hall–Kier alpha value is -1.57. The molecule has 1 aromatic carbocycles. The van der Waals surface area contributed by atoms with Crippen LogP contribution in [0.3, 0.4) is 0 Å². The van der Waals surface area contributed by atoms with E-state index in [1.54, 1.807) is 0 Å². The summed E-state index contributed by atoms with van der Waals surface area (Å²) in [5, 5.41) is 12.4. The molecule has 0 bridgehead atoms. The van der Waals surface area contributed by atoms with Crippen LogP contribution in [-0.2, 0) is 11.3 Å². The van der Waals surface area contributed by atoms with Crippen molar-refractivity contribution in [2.24, 2.45) is 5.92 Å². The highest BCUT2D eigenvalue weighted by Crippen LogP contribution is 2.16. The molecule has 1 amide bonds. The highest BCUT2D eigenvalue weighted by molar-refractivity contribution is 6.31. The van der Waals surface area contributed by atoms with Crippen LogP contribution in [0.4, 0.5) is 0 Å². The van der Waals surface area contributed by atoms with Crippen molar-refractivity contribution in [3.05, 3.63) is 34.9 Å². The predicted octanol–water partition coefficient (Wildman–Crippen LogP) is 2.19. The van der Waals surface area contributed by atoms with Gasteiger partial charge in [-0.15, -0.1) is 0 Å². The van der Waals surface area contributed by atoms with Gasteiger partial charge in [0.25, 0.3) is 0 Å². The minimum absolute atomic E-state index is 0.000303. The van der Waals surface area contributed by atoms with E-state index in [4.69, 9.17) is 16.9 Å². The lowest BCUT2D eigenvalue weighted by atomic mass is 9.99. The van der Waals surface area contributed by atoms with Crippen molar-refractivity contribution in [1.29, 1.82) is 5.26 Å². The summed E-state index contributed by atoms with van der Waals surface area (Å²) in [4.78, 5) is 14.0. The average Bonchev–Trinajstić information content (AvgIpc) is 2.47. The molecule has 4 nitrogen and oxygen atoms in total.